The minimum Gasteiger partial charge on any atom is -0.309 e. The van der Waals surface area contributed by atoms with Crippen LogP contribution in [0.2, 0.25) is 0 Å². The Labute approximate surface area is 203 Å². The molecule has 1 heteroatoms. The van der Waals surface area contributed by atoms with E-state index in [0.29, 0.717) is 0 Å². The zero-order chi connectivity index (χ0) is 23.8. The van der Waals surface area contributed by atoms with Gasteiger partial charge >= 0.3 is 0 Å². The van der Waals surface area contributed by atoms with Crippen molar-refractivity contribution in [2.75, 3.05) is 0 Å². The maximum absolute atomic E-state index is 2.46. The molecule has 0 amide bonds. The SMILES string of the molecule is CC(C)(C)c1ccc2c(c1)c1cc(C(C)(C)C)ccc1n2-c1ccc2c(c1)-c1ccccc1C2. The summed E-state index contributed by atoms with van der Waals surface area (Å²) < 4.78 is 2.46. The standard InChI is InChI=1S/C33H33N/c1-32(2,3)23-12-15-30-28(18-23)29-19-24(33(4,5)6)13-16-31(29)34(30)25-14-11-22-17-21-9-7-8-10-26(21)27(22)20-25/h7-16,18-20H,17H2,1-6H3. The number of benzene rings is 4. The summed E-state index contributed by atoms with van der Waals surface area (Å²) in [6.45, 7) is 13.8. The van der Waals surface area contributed by atoms with E-state index in [4.69, 9.17) is 0 Å². The Kier molecular flexibility index (Phi) is 4.43. The van der Waals surface area contributed by atoms with Gasteiger partial charge in [-0.05, 0) is 87.0 Å². The number of hydrogen-bond acceptors (Lipinski definition) is 0. The van der Waals surface area contributed by atoms with E-state index in [2.05, 4.69) is 125 Å². The highest BCUT2D eigenvalue weighted by molar-refractivity contribution is 6.10. The average Bonchev–Trinajstić information content (AvgIpc) is 3.32. The number of hydrogen-bond donors (Lipinski definition) is 0. The maximum Gasteiger partial charge on any atom is 0.0541 e. The highest BCUT2D eigenvalue weighted by Crippen LogP contribution is 2.41. The fourth-order valence-electron chi connectivity index (χ4n) is 5.49. The molecule has 0 N–H and O–H groups in total. The first-order valence-electron chi connectivity index (χ1n) is 12.4. The Hall–Kier alpha value is -3.32. The van der Waals surface area contributed by atoms with Crippen molar-refractivity contribution in [1.82, 2.24) is 4.57 Å². The molecule has 6 rings (SSSR count). The fraction of sp³-hybridized carbons (Fsp3) is 0.273. The normalized spacial score (nSPS) is 13.5. The lowest BCUT2D eigenvalue weighted by atomic mass is 9.85. The van der Waals surface area contributed by atoms with E-state index < -0.39 is 0 Å². The predicted molar refractivity (Wildman–Crippen MR) is 146 cm³/mol. The predicted octanol–water partition coefficient (Wildman–Crippen LogP) is 8.95. The zero-order valence-electron chi connectivity index (χ0n) is 21.2. The van der Waals surface area contributed by atoms with E-state index in [-0.39, 0.29) is 10.8 Å². The molecule has 0 atom stereocenters. The maximum atomic E-state index is 2.46. The van der Waals surface area contributed by atoms with E-state index >= 15 is 0 Å². The van der Waals surface area contributed by atoms with Crippen molar-refractivity contribution in [1.29, 1.82) is 0 Å². The summed E-state index contributed by atoms with van der Waals surface area (Å²) in [6.07, 6.45) is 1.03. The Morgan fingerprint density at radius 2 is 1.12 bits per heavy atom. The molecule has 1 aromatic heterocycles. The monoisotopic (exact) mass is 443 g/mol. The van der Waals surface area contributed by atoms with Crippen LogP contribution < -0.4 is 0 Å². The van der Waals surface area contributed by atoms with Crippen LogP contribution in [0.5, 0.6) is 0 Å². The first-order valence-corrected chi connectivity index (χ1v) is 12.4. The van der Waals surface area contributed by atoms with Gasteiger partial charge in [0.2, 0.25) is 0 Å². The Bertz CT molecular complexity index is 1510. The number of nitrogens with zero attached hydrogens (tertiary/aromatic N) is 1. The van der Waals surface area contributed by atoms with Crippen molar-refractivity contribution >= 4 is 21.8 Å². The third kappa shape index (κ3) is 3.21. The molecule has 1 aliphatic carbocycles. The number of fused-ring (bicyclic) bond motifs is 6. The largest absolute Gasteiger partial charge is 0.309 e. The van der Waals surface area contributed by atoms with E-state index in [1.165, 1.54) is 60.9 Å². The van der Waals surface area contributed by atoms with E-state index in [9.17, 15) is 0 Å². The molecule has 170 valence electrons. The van der Waals surface area contributed by atoms with Gasteiger partial charge in [-0.1, -0.05) is 84.0 Å². The summed E-state index contributed by atoms with van der Waals surface area (Å²) in [5, 5.41) is 2.68. The van der Waals surface area contributed by atoms with Crippen molar-refractivity contribution in [3.8, 4) is 16.8 Å². The molecule has 4 aromatic carbocycles. The van der Waals surface area contributed by atoms with Crippen LogP contribution in [0.4, 0.5) is 0 Å². The molecule has 0 saturated heterocycles. The molecule has 1 aliphatic rings. The minimum atomic E-state index is 0.113. The van der Waals surface area contributed by atoms with Crippen LogP contribution >= 0.6 is 0 Å². The molecule has 0 bridgehead atoms. The molecular formula is C33H33N. The van der Waals surface area contributed by atoms with E-state index in [0.717, 1.165) is 6.42 Å². The van der Waals surface area contributed by atoms with Crippen LogP contribution in [-0.2, 0) is 17.3 Å². The molecule has 0 spiro atoms. The summed E-state index contributed by atoms with van der Waals surface area (Å²) >= 11 is 0. The smallest absolute Gasteiger partial charge is 0.0541 e. The van der Waals surface area contributed by atoms with Crippen molar-refractivity contribution in [3.63, 3.8) is 0 Å². The van der Waals surface area contributed by atoms with Gasteiger partial charge in [0, 0.05) is 16.5 Å². The van der Waals surface area contributed by atoms with Gasteiger partial charge < -0.3 is 4.57 Å². The van der Waals surface area contributed by atoms with Crippen LogP contribution in [0.3, 0.4) is 0 Å². The Morgan fingerprint density at radius 1 is 0.559 bits per heavy atom. The first kappa shape index (κ1) is 21.2. The van der Waals surface area contributed by atoms with Gasteiger partial charge in [0.1, 0.15) is 0 Å². The summed E-state index contributed by atoms with van der Waals surface area (Å²) in [6, 6.07) is 30.0. The van der Waals surface area contributed by atoms with Crippen LogP contribution in [-0.4, -0.2) is 4.57 Å². The molecule has 1 heterocycles. The summed E-state index contributed by atoms with van der Waals surface area (Å²) in [5.41, 5.74) is 12.4. The van der Waals surface area contributed by atoms with Gasteiger partial charge in [-0.3, -0.25) is 0 Å². The zero-order valence-corrected chi connectivity index (χ0v) is 21.2. The molecule has 1 nitrogen and oxygen atoms in total. The first-order chi connectivity index (χ1) is 16.1. The Balaban J connectivity index is 1.65. The van der Waals surface area contributed by atoms with Crippen LogP contribution in [0.25, 0.3) is 38.6 Å². The second-order valence-electron chi connectivity index (χ2n) is 12.0. The Morgan fingerprint density at radius 3 is 1.71 bits per heavy atom. The van der Waals surface area contributed by atoms with Crippen LogP contribution in [0.1, 0.15) is 63.8 Å². The van der Waals surface area contributed by atoms with Crippen LogP contribution in [0.15, 0.2) is 78.9 Å². The molecule has 0 unspecified atom stereocenters. The average molecular weight is 444 g/mol. The molecule has 0 fully saturated rings. The third-order valence-electron chi connectivity index (χ3n) is 7.54. The lowest BCUT2D eigenvalue weighted by Crippen LogP contribution is -2.10. The fourth-order valence-corrected chi connectivity index (χ4v) is 5.49. The quantitative estimate of drug-likeness (QED) is 0.239. The van der Waals surface area contributed by atoms with Crippen molar-refractivity contribution in [2.45, 2.75) is 58.8 Å². The highest BCUT2D eigenvalue weighted by atomic mass is 15.0. The van der Waals surface area contributed by atoms with Gasteiger partial charge in [-0.2, -0.15) is 0 Å². The number of aromatic nitrogens is 1. The number of rotatable bonds is 1. The third-order valence-corrected chi connectivity index (χ3v) is 7.54. The lowest BCUT2D eigenvalue weighted by molar-refractivity contribution is 0.590. The second kappa shape index (κ2) is 7.09. The van der Waals surface area contributed by atoms with E-state index in [1.54, 1.807) is 0 Å². The van der Waals surface area contributed by atoms with Crippen molar-refractivity contribution in [3.05, 3.63) is 101 Å². The van der Waals surface area contributed by atoms with Gasteiger partial charge in [0.05, 0.1) is 11.0 Å². The molecule has 0 aliphatic heterocycles. The van der Waals surface area contributed by atoms with Gasteiger partial charge in [-0.25, -0.2) is 0 Å². The minimum absolute atomic E-state index is 0.113. The van der Waals surface area contributed by atoms with Gasteiger partial charge in [0.25, 0.3) is 0 Å². The van der Waals surface area contributed by atoms with Gasteiger partial charge in [-0.15, -0.1) is 0 Å². The van der Waals surface area contributed by atoms with Crippen molar-refractivity contribution in [2.24, 2.45) is 0 Å². The van der Waals surface area contributed by atoms with E-state index in [1.807, 2.05) is 0 Å². The topological polar surface area (TPSA) is 4.93 Å². The molecule has 0 saturated carbocycles. The van der Waals surface area contributed by atoms with Gasteiger partial charge in [0.15, 0.2) is 0 Å². The molecule has 0 radical (unpaired) electrons. The highest BCUT2D eigenvalue weighted by Gasteiger charge is 2.22. The molecular weight excluding hydrogens is 410 g/mol. The van der Waals surface area contributed by atoms with Crippen molar-refractivity contribution < 1.29 is 0 Å². The summed E-state index contributed by atoms with van der Waals surface area (Å²) in [7, 11) is 0. The molecule has 34 heavy (non-hydrogen) atoms. The summed E-state index contributed by atoms with van der Waals surface area (Å²) in [4.78, 5) is 0. The summed E-state index contributed by atoms with van der Waals surface area (Å²) in [5.74, 6) is 0. The second-order valence-corrected chi connectivity index (χ2v) is 12.0. The van der Waals surface area contributed by atoms with Crippen LogP contribution in [0, 0.1) is 0 Å². The lowest BCUT2D eigenvalue weighted by Gasteiger charge is -2.19. The molecule has 5 aromatic rings.